The lowest BCUT2D eigenvalue weighted by Crippen LogP contribution is -2.17. The van der Waals surface area contributed by atoms with Crippen LogP contribution >= 0.6 is 0 Å². The van der Waals surface area contributed by atoms with Crippen molar-refractivity contribution in [3.63, 3.8) is 0 Å². The van der Waals surface area contributed by atoms with Crippen molar-refractivity contribution in [3.8, 4) is 0 Å². The van der Waals surface area contributed by atoms with Crippen molar-refractivity contribution in [2.24, 2.45) is 0 Å². The van der Waals surface area contributed by atoms with E-state index < -0.39 is 9.04 Å². The molecule has 0 aliphatic carbocycles. The maximum Gasteiger partial charge on any atom is 0.176 e. The van der Waals surface area contributed by atoms with E-state index in [-0.39, 0.29) is 0 Å². The number of unbranched alkanes of at least 4 members (excludes halogenated alkanes) is 17. The molecule has 0 aromatic rings. The van der Waals surface area contributed by atoms with Gasteiger partial charge in [0.2, 0.25) is 0 Å². The summed E-state index contributed by atoms with van der Waals surface area (Å²) in [7, 11) is -0.751. The minimum atomic E-state index is -0.751. The SMILES string of the molecule is CCCCCCCCCCCCCCCCCCCC.CCCO[SiH](CCC)CCC. The van der Waals surface area contributed by atoms with Gasteiger partial charge in [-0.25, -0.2) is 0 Å². The summed E-state index contributed by atoms with van der Waals surface area (Å²) in [4.78, 5) is 0. The highest BCUT2D eigenvalue weighted by Crippen LogP contribution is 2.14. The Kier molecular flexibility index (Phi) is 34.8. The average molecular weight is 457 g/mol. The first kappa shape index (κ1) is 33.4. The van der Waals surface area contributed by atoms with Crippen molar-refractivity contribution in [2.75, 3.05) is 6.61 Å². The van der Waals surface area contributed by atoms with Crippen LogP contribution in [0.1, 0.15) is 169 Å². The maximum atomic E-state index is 5.81. The van der Waals surface area contributed by atoms with Crippen LogP contribution in [0.4, 0.5) is 0 Å². The van der Waals surface area contributed by atoms with Gasteiger partial charge in [-0.15, -0.1) is 0 Å². The Morgan fingerprint density at radius 2 is 0.645 bits per heavy atom. The summed E-state index contributed by atoms with van der Waals surface area (Å²) in [5.41, 5.74) is 0. The molecular weight excluding hydrogens is 392 g/mol. The fraction of sp³-hybridized carbons (Fsp3) is 1.00. The fourth-order valence-electron chi connectivity index (χ4n) is 4.21. The molecule has 0 aromatic carbocycles. The molecule has 190 valence electrons. The van der Waals surface area contributed by atoms with E-state index in [2.05, 4.69) is 34.6 Å². The summed E-state index contributed by atoms with van der Waals surface area (Å²) in [6.07, 6.45) is 30.2. The first-order valence-corrected chi connectivity index (χ1v) is 17.0. The fourth-order valence-corrected chi connectivity index (χ4v) is 6.69. The number of rotatable bonds is 24. The molecule has 0 bridgehead atoms. The third kappa shape index (κ3) is 32.4. The topological polar surface area (TPSA) is 9.23 Å². The van der Waals surface area contributed by atoms with Gasteiger partial charge in [-0.1, -0.05) is 163 Å². The predicted molar refractivity (Wildman–Crippen MR) is 148 cm³/mol. The van der Waals surface area contributed by atoms with Crippen molar-refractivity contribution in [1.29, 1.82) is 0 Å². The maximum absolute atomic E-state index is 5.81. The highest BCUT2D eigenvalue weighted by molar-refractivity contribution is 6.51. The molecule has 0 saturated carbocycles. The van der Waals surface area contributed by atoms with Crippen LogP contribution in [0.5, 0.6) is 0 Å². The van der Waals surface area contributed by atoms with Gasteiger partial charge < -0.3 is 4.43 Å². The molecular formula is C29H64OSi. The zero-order valence-corrected chi connectivity index (χ0v) is 24.1. The third-order valence-electron chi connectivity index (χ3n) is 6.24. The lowest BCUT2D eigenvalue weighted by Gasteiger charge is -2.13. The molecule has 0 N–H and O–H groups in total. The normalized spacial score (nSPS) is 11.0. The van der Waals surface area contributed by atoms with Gasteiger partial charge in [0.15, 0.2) is 9.04 Å². The molecule has 0 heterocycles. The molecule has 2 heteroatoms. The summed E-state index contributed by atoms with van der Waals surface area (Å²) in [5, 5.41) is 0. The molecule has 0 atom stereocenters. The molecule has 0 amide bonds. The minimum Gasteiger partial charge on any atom is -0.420 e. The zero-order valence-electron chi connectivity index (χ0n) is 23.0. The summed E-state index contributed by atoms with van der Waals surface area (Å²) >= 11 is 0. The molecule has 0 unspecified atom stereocenters. The number of hydrogen-bond acceptors (Lipinski definition) is 1. The van der Waals surface area contributed by atoms with Crippen LogP contribution in [0.2, 0.25) is 12.1 Å². The Morgan fingerprint density at radius 3 is 0.871 bits per heavy atom. The molecule has 0 rings (SSSR count). The van der Waals surface area contributed by atoms with E-state index in [1.54, 1.807) is 0 Å². The van der Waals surface area contributed by atoms with Crippen LogP contribution in [-0.4, -0.2) is 15.6 Å². The molecule has 0 fully saturated rings. The molecule has 31 heavy (non-hydrogen) atoms. The van der Waals surface area contributed by atoms with Crippen molar-refractivity contribution in [1.82, 2.24) is 0 Å². The Bertz CT molecular complexity index is 258. The number of hydrogen-bond donors (Lipinski definition) is 0. The smallest absolute Gasteiger partial charge is 0.176 e. The first-order chi connectivity index (χ1) is 15.3. The summed E-state index contributed by atoms with van der Waals surface area (Å²) < 4.78 is 5.81. The molecule has 0 radical (unpaired) electrons. The van der Waals surface area contributed by atoms with Crippen LogP contribution in [-0.2, 0) is 4.43 Å². The van der Waals surface area contributed by atoms with Gasteiger partial charge in [-0.05, 0) is 18.5 Å². The van der Waals surface area contributed by atoms with E-state index in [0.717, 1.165) is 6.61 Å². The quantitative estimate of drug-likeness (QED) is 0.104. The second kappa shape index (κ2) is 32.4. The van der Waals surface area contributed by atoms with Gasteiger partial charge >= 0.3 is 0 Å². The third-order valence-corrected chi connectivity index (χ3v) is 9.39. The zero-order chi connectivity index (χ0) is 23.3. The van der Waals surface area contributed by atoms with Gasteiger partial charge in [-0.2, -0.15) is 0 Å². The van der Waals surface area contributed by atoms with E-state index in [1.165, 1.54) is 147 Å². The average Bonchev–Trinajstić information content (AvgIpc) is 2.78. The molecule has 0 aromatic heterocycles. The molecule has 0 saturated heterocycles. The Hall–Kier alpha value is 0.177. The van der Waals surface area contributed by atoms with Gasteiger partial charge in [0.05, 0.1) is 0 Å². The second-order valence-electron chi connectivity index (χ2n) is 9.73. The van der Waals surface area contributed by atoms with Crippen molar-refractivity contribution in [3.05, 3.63) is 0 Å². The van der Waals surface area contributed by atoms with E-state index in [0.29, 0.717) is 0 Å². The first-order valence-electron chi connectivity index (χ1n) is 14.9. The van der Waals surface area contributed by atoms with Crippen molar-refractivity contribution >= 4 is 9.04 Å². The van der Waals surface area contributed by atoms with E-state index in [9.17, 15) is 0 Å². The largest absolute Gasteiger partial charge is 0.420 e. The van der Waals surface area contributed by atoms with Gasteiger partial charge in [0.1, 0.15) is 0 Å². The predicted octanol–water partition coefficient (Wildman–Crippen LogP) is 11.0. The van der Waals surface area contributed by atoms with Gasteiger partial charge in [0.25, 0.3) is 0 Å². The highest BCUT2D eigenvalue weighted by atomic mass is 28.3. The Morgan fingerprint density at radius 1 is 0.355 bits per heavy atom. The summed E-state index contributed by atoms with van der Waals surface area (Å²) in [6.45, 7) is 12.3. The minimum absolute atomic E-state index is 0.751. The van der Waals surface area contributed by atoms with Gasteiger partial charge in [0, 0.05) is 6.61 Å². The summed E-state index contributed by atoms with van der Waals surface area (Å²) in [6, 6.07) is 2.74. The molecule has 0 aliphatic heterocycles. The van der Waals surface area contributed by atoms with E-state index >= 15 is 0 Å². The van der Waals surface area contributed by atoms with E-state index in [4.69, 9.17) is 4.43 Å². The molecule has 0 aliphatic rings. The Labute approximate surface area is 201 Å². The van der Waals surface area contributed by atoms with Crippen LogP contribution in [0, 0.1) is 0 Å². The molecule has 1 nitrogen and oxygen atoms in total. The molecule has 0 spiro atoms. The van der Waals surface area contributed by atoms with Crippen LogP contribution < -0.4 is 0 Å². The van der Waals surface area contributed by atoms with E-state index in [1.807, 2.05) is 0 Å². The summed E-state index contributed by atoms with van der Waals surface area (Å²) in [5.74, 6) is 0. The van der Waals surface area contributed by atoms with Crippen LogP contribution in [0.15, 0.2) is 0 Å². The van der Waals surface area contributed by atoms with Crippen LogP contribution in [0.3, 0.4) is 0 Å². The highest BCUT2D eigenvalue weighted by Gasteiger charge is 2.07. The lowest BCUT2D eigenvalue weighted by atomic mass is 10.0. The lowest BCUT2D eigenvalue weighted by molar-refractivity contribution is 0.317. The standard InChI is InChI=1S/C20H42.C9H22OSi/c1-3-5-7-9-11-13-15-17-19-20-18-16-14-12-10-8-6-4-2;1-4-7-10-11(8-5-2)9-6-3/h3-20H2,1-2H3;11H,4-9H2,1-3H3. The monoisotopic (exact) mass is 456 g/mol. The van der Waals surface area contributed by atoms with Crippen LogP contribution in [0.25, 0.3) is 0 Å². The Balaban J connectivity index is 0. The van der Waals surface area contributed by atoms with Crippen molar-refractivity contribution < 1.29 is 4.43 Å². The van der Waals surface area contributed by atoms with Crippen molar-refractivity contribution in [2.45, 2.75) is 182 Å². The second-order valence-corrected chi connectivity index (χ2v) is 12.5. The van der Waals surface area contributed by atoms with Gasteiger partial charge in [-0.3, -0.25) is 0 Å².